The number of hydrogen-bond acceptors (Lipinski definition) is 3. The highest BCUT2D eigenvalue weighted by atomic mass is 16.2. The molecule has 0 saturated carbocycles. The molecule has 0 aromatic heterocycles. The van der Waals surface area contributed by atoms with Gasteiger partial charge >= 0.3 is 6.03 Å². The Morgan fingerprint density at radius 1 is 0.688 bits per heavy atom. The summed E-state index contributed by atoms with van der Waals surface area (Å²) in [4.78, 5) is 28.7. The third-order valence-electron chi connectivity index (χ3n) is 5.32. The van der Waals surface area contributed by atoms with Gasteiger partial charge in [0.25, 0.3) is 0 Å². The first kappa shape index (κ1) is 21.2. The molecular formula is C26H26N4O2. The zero-order chi connectivity index (χ0) is 22.2. The van der Waals surface area contributed by atoms with Crippen LogP contribution in [0.3, 0.4) is 0 Å². The summed E-state index contributed by atoms with van der Waals surface area (Å²) in [5.41, 5.74) is 3.61. The fourth-order valence-electron chi connectivity index (χ4n) is 3.57. The SMILES string of the molecule is O=C(C=Cc1ccccc1)Nc1ccc(N2CCN(C(=O)Nc3ccccc3)CC2)cc1. The number of rotatable bonds is 5. The molecule has 6 nitrogen and oxygen atoms in total. The van der Waals surface area contributed by atoms with Crippen molar-refractivity contribution in [2.45, 2.75) is 0 Å². The van der Waals surface area contributed by atoms with Gasteiger partial charge in [0.2, 0.25) is 5.91 Å². The van der Waals surface area contributed by atoms with E-state index in [0.717, 1.165) is 35.7 Å². The lowest BCUT2D eigenvalue weighted by Gasteiger charge is -2.36. The number of benzene rings is 3. The predicted molar refractivity (Wildman–Crippen MR) is 130 cm³/mol. The minimum atomic E-state index is -0.167. The normalized spacial score (nSPS) is 13.8. The van der Waals surface area contributed by atoms with Crippen molar-refractivity contribution in [3.63, 3.8) is 0 Å². The Balaban J connectivity index is 1.26. The lowest BCUT2D eigenvalue weighted by molar-refractivity contribution is -0.111. The summed E-state index contributed by atoms with van der Waals surface area (Å²) >= 11 is 0. The molecular weight excluding hydrogens is 400 g/mol. The molecule has 3 aromatic rings. The standard InChI is InChI=1S/C26H26N4O2/c31-25(16-11-21-7-3-1-4-8-21)27-23-12-14-24(15-13-23)29-17-19-30(20-18-29)26(32)28-22-9-5-2-6-10-22/h1-16H,17-20H2,(H,27,31)(H,28,32). The Labute approximate surface area is 188 Å². The number of carbonyl (C=O) groups excluding carboxylic acids is 2. The van der Waals surface area contributed by atoms with E-state index in [1.807, 2.05) is 89.8 Å². The molecule has 0 atom stereocenters. The van der Waals surface area contributed by atoms with Gasteiger partial charge in [0.05, 0.1) is 0 Å². The van der Waals surface area contributed by atoms with Crippen LogP contribution in [0.25, 0.3) is 6.08 Å². The second-order valence-corrected chi connectivity index (χ2v) is 7.55. The Kier molecular flexibility index (Phi) is 6.82. The van der Waals surface area contributed by atoms with Crippen LogP contribution < -0.4 is 15.5 Å². The van der Waals surface area contributed by atoms with E-state index < -0.39 is 0 Å². The van der Waals surface area contributed by atoms with Gasteiger partial charge < -0.3 is 20.4 Å². The van der Waals surface area contributed by atoms with Crippen LogP contribution in [-0.4, -0.2) is 43.0 Å². The summed E-state index contributed by atoms with van der Waals surface area (Å²) in [5, 5.41) is 5.82. The molecule has 3 aromatic carbocycles. The van der Waals surface area contributed by atoms with Crippen LogP contribution in [0.1, 0.15) is 5.56 Å². The van der Waals surface area contributed by atoms with Crippen LogP contribution >= 0.6 is 0 Å². The molecule has 32 heavy (non-hydrogen) atoms. The van der Waals surface area contributed by atoms with Crippen molar-refractivity contribution < 1.29 is 9.59 Å². The van der Waals surface area contributed by atoms with E-state index in [1.54, 1.807) is 6.08 Å². The molecule has 3 amide bonds. The number of urea groups is 1. The van der Waals surface area contributed by atoms with Crippen LogP contribution in [0.5, 0.6) is 0 Å². The molecule has 0 radical (unpaired) electrons. The molecule has 4 rings (SSSR count). The molecule has 6 heteroatoms. The molecule has 0 aliphatic carbocycles. The molecule has 1 aliphatic rings. The van der Waals surface area contributed by atoms with Crippen molar-refractivity contribution in [1.29, 1.82) is 0 Å². The third-order valence-corrected chi connectivity index (χ3v) is 5.32. The highest BCUT2D eigenvalue weighted by molar-refractivity contribution is 6.02. The molecule has 1 aliphatic heterocycles. The second kappa shape index (κ2) is 10.3. The van der Waals surface area contributed by atoms with E-state index in [-0.39, 0.29) is 11.9 Å². The first-order valence-corrected chi connectivity index (χ1v) is 10.7. The summed E-state index contributed by atoms with van der Waals surface area (Å²) in [6.07, 6.45) is 3.32. The molecule has 162 valence electrons. The van der Waals surface area contributed by atoms with Gasteiger partial charge in [0.1, 0.15) is 0 Å². The first-order chi connectivity index (χ1) is 15.7. The smallest absolute Gasteiger partial charge is 0.321 e. The lowest BCUT2D eigenvalue weighted by atomic mass is 10.2. The van der Waals surface area contributed by atoms with Crippen molar-refractivity contribution in [3.8, 4) is 0 Å². The fraction of sp³-hybridized carbons (Fsp3) is 0.154. The van der Waals surface area contributed by atoms with Gasteiger partial charge in [-0.25, -0.2) is 4.79 Å². The van der Waals surface area contributed by atoms with Crippen molar-refractivity contribution >= 4 is 35.1 Å². The van der Waals surface area contributed by atoms with Crippen LogP contribution in [-0.2, 0) is 4.79 Å². The number of amides is 3. The van der Waals surface area contributed by atoms with E-state index in [4.69, 9.17) is 0 Å². The summed E-state index contributed by atoms with van der Waals surface area (Å²) in [7, 11) is 0. The highest BCUT2D eigenvalue weighted by Gasteiger charge is 2.21. The van der Waals surface area contributed by atoms with Crippen LogP contribution in [0, 0.1) is 0 Å². The van der Waals surface area contributed by atoms with Gasteiger partial charge in [-0.15, -0.1) is 0 Å². The van der Waals surface area contributed by atoms with E-state index >= 15 is 0 Å². The Morgan fingerprint density at radius 2 is 1.28 bits per heavy atom. The highest BCUT2D eigenvalue weighted by Crippen LogP contribution is 2.20. The largest absolute Gasteiger partial charge is 0.368 e. The number of carbonyl (C=O) groups is 2. The number of anilines is 3. The van der Waals surface area contributed by atoms with Gasteiger partial charge in [-0.1, -0.05) is 48.5 Å². The van der Waals surface area contributed by atoms with E-state index in [0.29, 0.717) is 13.1 Å². The zero-order valence-corrected chi connectivity index (χ0v) is 17.8. The van der Waals surface area contributed by atoms with Crippen molar-refractivity contribution in [2.75, 3.05) is 41.7 Å². The minimum absolute atomic E-state index is 0.0718. The monoisotopic (exact) mass is 426 g/mol. The molecule has 1 heterocycles. The second-order valence-electron chi connectivity index (χ2n) is 7.55. The summed E-state index contributed by atoms with van der Waals surface area (Å²) in [5.74, 6) is -0.167. The van der Waals surface area contributed by atoms with Gasteiger partial charge in [0.15, 0.2) is 0 Å². The molecule has 1 saturated heterocycles. The minimum Gasteiger partial charge on any atom is -0.368 e. The van der Waals surface area contributed by atoms with Gasteiger partial charge in [-0.2, -0.15) is 0 Å². The van der Waals surface area contributed by atoms with Crippen LogP contribution in [0.2, 0.25) is 0 Å². The predicted octanol–water partition coefficient (Wildman–Crippen LogP) is 4.69. The number of nitrogens with one attached hydrogen (secondary N) is 2. The molecule has 2 N–H and O–H groups in total. The zero-order valence-electron chi connectivity index (χ0n) is 17.8. The van der Waals surface area contributed by atoms with E-state index in [1.165, 1.54) is 6.08 Å². The maximum absolute atomic E-state index is 12.5. The average molecular weight is 427 g/mol. The molecule has 0 bridgehead atoms. The Bertz CT molecular complexity index is 1060. The average Bonchev–Trinajstić information content (AvgIpc) is 2.85. The summed E-state index contributed by atoms with van der Waals surface area (Å²) < 4.78 is 0. The topological polar surface area (TPSA) is 64.7 Å². The summed E-state index contributed by atoms with van der Waals surface area (Å²) in [6, 6.07) is 26.9. The van der Waals surface area contributed by atoms with E-state index in [9.17, 15) is 9.59 Å². The Morgan fingerprint density at radius 3 is 1.94 bits per heavy atom. The number of nitrogens with zero attached hydrogens (tertiary/aromatic N) is 2. The van der Waals surface area contributed by atoms with Gasteiger partial charge in [-0.05, 0) is 48.0 Å². The molecule has 1 fully saturated rings. The molecule has 0 unspecified atom stereocenters. The van der Waals surface area contributed by atoms with Gasteiger partial charge in [0, 0.05) is 49.3 Å². The maximum Gasteiger partial charge on any atom is 0.321 e. The molecule has 0 spiro atoms. The van der Waals surface area contributed by atoms with Crippen LogP contribution in [0.15, 0.2) is 91.0 Å². The van der Waals surface area contributed by atoms with Crippen molar-refractivity contribution in [2.24, 2.45) is 0 Å². The quantitative estimate of drug-likeness (QED) is 0.582. The number of piperazine rings is 1. The van der Waals surface area contributed by atoms with E-state index in [2.05, 4.69) is 15.5 Å². The number of para-hydroxylation sites is 1. The third kappa shape index (κ3) is 5.76. The lowest BCUT2D eigenvalue weighted by Crippen LogP contribution is -2.50. The van der Waals surface area contributed by atoms with Crippen molar-refractivity contribution in [3.05, 3.63) is 96.6 Å². The van der Waals surface area contributed by atoms with Gasteiger partial charge in [-0.3, -0.25) is 4.79 Å². The fourth-order valence-corrected chi connectivity index (χ4v) is 3.57. The van der Waals surface area contributed by atoms with Crippen LogP contribution in [0.4, 0.5) is 21.9 Å². The maximum atomic E-state index is 12.5. The number of hydrogen-bond donors (Lipinski definition) is 2. The summed E-state index contributed by atoms with van der Waals surface area (Å²) in [6.45, 7) is 2.82. The Hall–Kier alpha value is -4.06. The first-order valence-electron chi connectivity index (χ1n) is 10.7. The van der Waals surface area contributed by atoms with Crippen molar-refractivity contribution in [1.82, 2.24) is 4.90 Å².